The molecule has 0 aromatic heterocycles. The lowest BCUT2D eigenvalue weighted by atomic mass is 10.2. The fraction of sp³-hybridized carbons (Fsp3) is 0.231. The number of aliphatic hydroxyl groups is 1. The van der Waals surface area contributed by atoms with Crippen LogP contribution in [0.25, 0.3) is 0 Å². The summed E-state index contributed by atoms with van der Waals surface area (Å²) in [5.74, 6) is -0.520. The van der Waals surface area contributed by atoms with Gasteiger partial charge in [0, 0.05) is 12.1 Å². The summed E-state index contributed by atoms with van der Waals surface area (Å²) in [6.45, 7) is 1.85. The Hall–Kier alpha value is -2.35. The smallest absolute Gasteiger partial charge is 0.344 e. The predicted molar refractivity (Wildman–Crippen MR) is 78.9 cm³/mol. The lowest BCUT2D eigenvalue weighted by Crippen LogP contribution is -2.12. The van der Waals surface area contributed by atoms with E-state index < -0.39 is 10.9 Å². The number of aliphatic hydroxyl groups excluding tert-OH is 1. The van der Waals surface area contributed by atoms with Crippen molar-refractivity contribution < 1.29 is 19.6 Å². The maximum absolute atomic E-state index is 11.8. The van der Waals surface area contributed by atoms with Gasteiger partial charge in [-0.3, -0.25) is 10.1 Å². The zero-order valence-corrected chi connectivity index (χ0v) is 11.9. The summed E-state index contributed by atoms with van der Waals surface area (Å²) in [6, 6.07) is 5.74. The third kappa shape index (κ3) is 3.40. The molecule has 0 radical (unpaired) electrons. The van der Waals surface area contributed by atoms with Gasteiger partial charge in [-0.25, -0.2) is 9.79 Å². The summed E-state index contributed by atoms with van der Waals surface area (Å²) in [5, 5.41) is 20.8. The minimum Gasteiger partial charge on any atom is -0.510 e. The largest absolute Gasteiger partial charge is 0.510 e. The first-order chi connectivity index (χ1) is 10.0. The van der Waals surface area contributed by atoms with Crippen molar-refractivity contribution in [3.63, 3.8) is 0 Å². The first-order valence-electron chi connectivity index (χ1n) is 6.08. The highest BCUT2D eigenvalue weighted by molar-refractivity contribution is 8.15. The Morgan fingerprint density at radius 2 is 2.33 bits per heavy atom. The number of ether oxygens (including phenoxy) is 1. The maximum atomic E-state index is 11.8. The fourth-order valence-electron chi connectivity index (χ4n) is 1.69. The molecule has 0 saturated heterocycles. The van der Waals surface area contributed by atoms with Gasteiger partial charge in [0.25, 0.3) is 5.69 Å². The van der Waals surface area contributed by atoms with Crippen LogP contribution in [0.5, 0.6) is 0 Å². The molecule has 1 aromatic carbocycles. The number of non-ortho nitro benzene ring substituents is 1. The van der Waals surface area contributed by atoms with E-state index in [1.807, 2.05) is 0 Å². The molecule has 0 atom stereocenters. The van der Waals surface area contributed by atoms with E-state index in [0.29, 0.717) is 10.7 Å². The topological polar surface area (TPSA) is 102 Å². The Morgan fingerprint density at radius 1 is 1.57 bits per heavy atom. The summed E-state index contributed by atoms with van der Waals surface area (Å²) in [7, 11) is 0. The summed E-state index contributed by atoms with van der Waals surface area (Å²) >= 11 is 1.18. The standard InChI is InChI=1S/C13H12N2O5S/c1-2-20-13(17)11-10(16)7-21-12(11)14-8-4-3-5-9(6-8)15(18)19/h3-6,16H,2,7H2,1H3. The average Bonchev–Trinajstić information content (AvgIpc) is 2.80. The van der Waals surface area contributed by atoms with Crippen molar-refractivity contribution in [2.24, 2.45) is 4.99 Å². The van der Waals surface area contributed by atoms with Crippen LogP contribution in [0.3, 0.4) is 0 Å². The number of carbonyl (C=O) groups is 1. The molecule has 1 N–H and O–H groups in total. The molecular weight excluding hydrogens is 296 g/mol. The van der Waals surface area contributed by atoms with Crippen LogP contribution >= 0.6 is 11.8 Å². The van der Waals surface area contributed by atoms with Crippen LogP contribution in [-0.4, -0.2) is 33.4 Å². The Balaban J connectivity index is 2.34. The van der Waals surface area contributed by atoms with Crippen LogP contribution in [0.4, 0.5) is 11.4 Å². The van der Waals surface area contributed by atoms with Crippen molar-refractivity contribution in [1.29, 1.82) is 0 Å². The highest BCUT2D eigenvalue weighted by Crippen LogP contribution is 2.30. The fourth-order valence-corrected chi connectivity index (χ4v) is 2.63. The van der Waals surface area contributed by atoms with E-state index in [9.17, 15) is 20.0 Å². The molecule has 0 spiro atoms. The molecular formula is C13H12N2O5S. The molecule has 0 bridgehead atoms. The summed E-state index contributed by atoms with van der Waals surface area (Å²) in [6.07, 6.45) is 0. The van der Waals surface area contributed by atoms with Crippen molar-refractivity contribution in [3.8, 4) is 0 Å². The third-order valence-electron chi connectivity index (χ3n) is 2.60. The van der Waals surface area contributed by atoms with E-state index >= 15 is 0 Å². The van der Waals surface area contributed by atoms with Crippen molar-refractivity contribution in [2.75, 3.05) is 12.4 Å². The van der Waals surface area contributed by atoms with Crippen LogP contribution in [0, 0.1) is 10.1 Å². The van der Waals surface area contributed by atoms with Gasteiger partial charge in [-0.2, -0.15) is 0 Å². The van der Waals surface area contributed by atoms with Gasteiger partial charge in [0.1, 0.15) is 16.4 Å². The van der Waals surface area contributed by atoms with Crippen LogP contribution < -0.4 is 0 Å². The van der Waals surface area contributed by atoms with Gasteiger partial charge >= 0.3 is 5.97 Å². The molecule has 2 rings (SSSR count). The summed E-state index contributed by atoms with van der Waals surface area (Å²) < 4.78 is 4.87. The number of carbonyl (C=O) groups excluding carboxylic acids is 1. The highest BCUT2D eigenvalue weighted by atomic mass is 32.2. The number of hydrogen-bond acceptors (Lipinski definition) is 7. The van der Waals surface area contributed by atoms with Gasteiger partial charge in [-0.15, -0.1) is 0 Å². The Labute approximate surface area is 124 Å². The monoisotopic (exact) mass is 308 g/mol. The highest BCUT2D eigenvalue weighted by Gasteiger charge is 2.29. The average molecular weight is 308 g/mol. The van der Waals surface area contributed by atoms with Crippen LogP contribution in [0.1, 0.15) is 6.92 Å². The molecule has 0 unspecified atom stereocenters. The van der Waals surface area contributed by atoms with E-state index in [1.165, 1.54) is 30.0 Å². The molecule has 110 valence electrons. The number of aliphatic imine (C=N–C) groups is 1. The van der Waals surface area contributed by atoms with Crippen LogP contribution in [0.2, 0.25) is 0 Å². The minimum atomic E-state index is -0.649. The van der Waals surface area contributed by atoms with E-state index in [4.69, 9.17) is 4.74 Å². The molecule has 1 heterocycles. The Kier molecular flexibility index (Phi) is 4.59. The molecule has 0 aliphatic carbocycles. The number of esters is 1. The number of nitro groups is 1. The molecule has 21 heavy (non-hydrogen) atoms. The van der Waals surface area contributed by atoms with E-state index in [-0.39, 0.29) is 29.4 Å². The first kappa shape index (κ1) is 15.0. The second-order valence-electron chi connectivity index (χ2n) is 4.02. The number of nitro benzene ring substituents is 1. The van der Waals surface area contributed by atoms with Gasteiger partial charge < -0.3 is 9.84 Å². The predicted octanol–water partition coefficient (Wildman–Crippen LogP) is 2.75. The number of thioether (sulfide) groups is 1. The van der Waals surface area contributed by atoms with E-state index in [0.717, 1.165) is 0 Å². The van der Waals surface area contributed by atoms with E-state index in [1.54, 1.807) is 13.0 Å². The third-order valence-corrected chi connectivity index (χ3v) is 3.59. The molecule has 1 aliphatic rings. The molecule has 1 aliphatic heterocycles. The SMILES string of the molecule is CCOC(=O)C1=C(O)CSC1=Nc1cccc([N+](=O)[O-])c1. The Morgan fingerprint density at radius 3 is 3.00 bits per heavy atom. The molecule has 0 saturated carbocycles. The lowest BCUT2D eigenvalue weighted by Gasteiger charge is -2.04. The normalized spacial score (nSPS) is 16.3. The van der Waals surface area contributed by atoms with Gasteiger partial charge in [-0.05, 0) is 13.0 Å². The number of benzene rings is 1. The van der Waals surface area contributed by atoms with Crippen molar-refractivity contribution in [3.05, 3.63) is 45.7 Å². The minimum absolute atomic E-state index is 0.0216. The molecule has 0 fully saturated rings. The van der Waals surface area contributed by atoms with Crippen molar-refractivity contribution in [2.45, 2.75) is 6.92 Å². The van der Waals surface area contributed by atoms with E-state index in [2.05, 4.69) is 4.99 Å². The summed E-state index contributed by atoms with van der Waals surface area (Å²) in [5.41, 5.74) is 0.266. The lowest BCUT2D eigenvalue weighted by molar-refractivity contribution is -0.384. The van der Waals surface area contributed by atoms with Crippen molar-refractivity contribution in [1.82, 2.24) is 0 Å². The zero-order valence-electron chi connectivity index (χ0n) is 11.1. The second-order valence-corrected chi connectivity index (χ2v) is 4.99. The van der Waals surface area contributed by atoms with Crippen molar-refractivity contribution >= 4 is 34.1 Å². The quantitative estimate of drug-likeness (QED) is 0.521. The Bertz CT molecular complexity index is 654. The zero-order chi connectivity index (χ0) is 15.4. The van der Waals surface area contributed by atoms with Gasteiger partial charge in [0.05, 0.1) is 23.0 Å². The van der Waals surface area contributed by atoms with Gasteiger partial charge in [-0.1, -0.05) is 17.8 Å². The molecule has 0 amide bonds. The molecule has 8 heteroatoms. The number of hydrogen-bond donors (Lipinski definition) is 1. The first-order valence-corrected chi connectivity index (χ1v) is 7.07. The number of rotatable bonds is 4. The summed E-state index contributed by atoms with van der Waals surface area (Å²) in [4.78, 5) is 26.2. The van der Waals surface area contributed by atoms with Gasteiger partial charge in [0.2, 0.25) is 0 Å². The maximum Gasteiger partial charge on any atom is 0.344 e. The second kappa shape index (κ2) is 6.40. The molecule has 1 aromatic rings. The van der Waals surface area contributed by atoms with Crippen LogP contribution in [-0.2, 0) is 9.53 Å². The molecule has 7 nitrogen and oxygen atoms in total. The van der Waals surface area contributed by atoms with Gasteiger partial charge in [0.15, 0.2) is 0 Å². The number of nitrogens with zero attached hydrogens (tertiary/aromatic N) is 2. The van der Waals surface area contributed by atoms with Crippen LogP contribution in [0.15, 0.2) is 40.6 Å².